The maximum atomic E-state index is 4.67. The molecular weight excluding hydrogens is 326 g/mol. The Morgan fingerprint density at radius 3 is 2.00 bits per heavy atom. The Morgan fingerprint density at radius 2 is 1.41 bits per heavy atom. The highest BCUT2D eigenvalue weighted by atomic mass is 14.7. The summed E-state index contributed by atoms with van der Waals surface area (Å²) in [7, 11) is 0. The highest BCUT2D eigenvalue weighted by Gasteiger charge is 2.20. The molecule has 1 nitrogen and oxygen atoms in total. The van der Waals surface area contributed by atoms with Crippen molar-refractivity contribution in [2.75, 3.05) is 0 Å². The maximum absolute atomic E-state index is 4.67. The molecule has 0 amide bonds. The van der Waals surface area contributed by atoms with Gasteiger partial charge in [-0.15, -0.1) is 0 Å². The van der Waals surface area contributed by atoms with Gasteiger partial charge in [-0.2, -0.15) is 0 Å². The van der Waals surface area contributed by atoms with Crippen LogP contribution in [0.4, 0.5) is 0 Å². The van der Waals surface area contributed by atoms with Crippen molar-refractivity contribution in [3.8, 4) is 11.3 Å². The predicted octanol–water partition coefficient (Wildman–Crippen LogP) is 7.63. The number of rotatable bonds is 9. The van der Waals surface area contributed by atoms with Gasteiger partial charge in [0.05, 0.1) is 5.69 Å². The number of hydrogen-bond donors (Lipinski definition) is 0. The summed E-state index contributed by atoms with van der Waals surface area (Å²) in [6.07, 6.45) is 16.9. The first-order valence-corrected chi connectivity index (χ1v) is 11.3. The van der Waals surface area contributed by atoms with E-state index in [1.54, 1.807) is 0 Å². The van der Waals surface area contributed by atoms with Crippen LogP contribution in [0, 0.1) is 11.8 Å². The number of unbranched alkanes of at least 4 members (excludes halogenated alkanes) is 1. The SMILES string of the molecule is CCCCc1ccc(-c2ccc(CCC3CCC(CCC)CC3)cc2)nc1. The molecule has 1 aromatic carbocycles. The highest BCUT2D eigenvalue weighted by Crippen LogP contribution is 2.34. The zero-order valence-corrected chi connectivity index (χ0v) is 17.4. The number of aryl methyl sites for hydroxylation is 2. The molecule has 0 N–H and O–H groups in total. The molecule has 1 heterocycles. The van der Waals surface area contributed by atoms with Gasteiger partial charge in [0.25, 0.3) is 0 Å². The van der Waals surface area contributed by atoms with E-state index >= 15 is 0 Å². The predicted molar refractivity (Wildman–Crippen MR) is 117 cm³/mol. The first-order valence-electron chi connectivity index (χ1n) is 11.3. The van der Waals surface area contributed by atoms with E-state index < -0.39 is 0 Å². The van der Waals surface area contributed by atoms with E-state index in [0.29, 0.717) is 0 Å². The standard InChI is InChI=1S/C26H37N/c1-3-5-7-24-16-19-26(27-20-24)25-17-14-23(15-18-25)13-12-22-10-8-21(6-4-2)9-11-22/h14-22H,3-13H2,1-2H3. The minimum atomic E-state index is 0.954. The number of aromatic nitrogens is 1. The summed E-state index contributed by atoms with van der Waals surface area (Å²) < 4.78 is 0. The second kappa shape index (κ2) is 10.6. The molecule has 3 rings (SSSR count). The molecule has 1 aromatic heterocycles. The van der Waals surface area contributed by atoms with Crippen LogP contribution in [-0.2, 0) is 12.8 Å². The Hall–Kier alpha value is -1.63. The summed E-state index contributed by atoms with van der Waals surface area (Å²) in [6.45, 7) is 4.56. The van der Waals surface area contributed by atoms with Crippen molar-refractivity contribution in [3.05, 3.63) is 53.7 Å². The molecule has 1 heteroatoms. The number of hydrogen-bond acceptors (Lipinski definition) is 1. The lowest BCUT2D eigenvalue weighted by molar-refractivity contribution is 0.252. The minimum absolute atomic E-state index is 0.954. The van der Waals surface area contributed by atoms with E-state index in [1.807, 2.05) is 6.20 Å². The molecule has 0 spiro atoms. The van der Waals surface area contributed by atoms with E-state index in [1.165, 1.54) is 80.9 Å². The van der Waals surface area contributed by atoms with E-state index in [4.69, 9.17) is 0 Å². The second-order valence-electron chi connectivity index (χ2n) is 8.57. The molecule has 0 saturated heterocycles. The van der Waals surface area contributed by atoms with Crippen molar-refractivity contribution in [2.45, 2.75) is 84.5 Å². The van der Waals surface area contributed by atoms with Gasteiger partial charge in [0.2, 0.25) is 0 Å². The Balaban J connectivity index is 1.47. The molecule has 27 heavy (non-hydrogen) atoms. The van der Waals surface area contributed by atoms with E-state index in [-0.39, 0.29) is 0 Å². The van der Waals surface area contributed by atoms with Gasteiger partial charge in [-0.25, -0.2) is 0 Å². The Morgan fingerprint density at radius 1 is 0.741 bits per heavy atom. The normalized spacial score (nSPS) is 19.9. The van der Waals surface area contributed by atoms with Crippen LogP contribution in [0.1, 0.15) is 82.8 Å². The first-order chi connectivity index (χ1) is 13.3. The van der Waals surface area contributed by atoms with Crippen molar-refractivity contribution < 1.29 is 0 Å². The van der Waals surface area contributed by atoms with Gasteiger partial charge >= 0.3 is 0 Å². The number of benzene rings is 1. The van der Waals surface area contributed by atoms with Crippen molar-refractivity contribution >= 4 is 0 Å². The van der Waals surface area contributed by atoms with Crippen LogP contribution in [0.2, 0.25) is 0 Å². The fourth-order valence-electron chi connectivity index (χ4n) is 4.55. The zero-order valence-electron chi connectivity index (χ0n) is 17.4. The van der Waals surface area contributed by atoms with Gasteiger partial charge < -0.3 is 0 Å². The summed E-state index contributed by atoms with van der Waals surface area (Å²) in [5.74, 6) is 1.97. The smallest absolute Gasteiger partial charge is 0.0702 e. The van der Waals surface area contributed by atoms with Crippen LogP contribution in [0.5, 0.6) is 0 Å². The van der Waals surface area contributed by atoms with Gasteiger partial charge in [0, 0.05) is 11.8 Å². The van der Waals surface area contributed by atoms with E-state index in [0.717, 1.165) is 24.0 Å². The molecule has 1 fully saturated rings. The summed E-state index contributed by atoms with van der Waals surface area (Å²) in [6, 6.07) is 13.5. The maximum Gasteiger partial charge on any atom is 0.0702 e. The molecule has 0 bridgehead atoms. The van der Waals surface area contributed by atoms with Gasteiger partial charge in [0.15, 0.2) is 0 Å². The van der Waals surface area contributed by atoms with Gasteiger partial charge in [-0.05, 0) is 54.7 Å². The molecule has 0 aliphatic heterocycles. The summed E-state index contributed by atoms with van der Waals surface area (Å²) >= 11 is 0. The van der Waals surface area contributed by atoms with Crippen LogP contribution < -0.4 is 0 Å². The largest absolute Gasteiger partial charge is 0.256 e. The van der Waals surface area contributed by atoms with Crippen molar-refractivity contribution in [1.82, 2.24) is 4.98 Å². The fraction of sp³-hybridized carbons (Fsp3) is 0.577. The van der Waals surface area contributed by atoms with Gasteiger partial charge in [0.1, 0.15) is 0 Å². The topological polar surface area (TPSA) is 12.9 Å². The lowest BCUT2D eigenvalue weighted by Gasteiger charge is -2.28. The number of pyridine rings is 1. The van der Waals surface area contributed by atoms with E-state index in [2.05, 4.69) is 55.2 Å². The Labute approximate surface area is 166 Å². The molecular formula is C26H37N. The highest BCUT2D eigenvalue weighted by molar-refractivity contribution is 5.59. The third-order valence-corrected chi connectivity index (χ3v) is 6.40. The van der Waals surface area contributed by atoms with Crippen LogP contribution in [0.15, 0.2) is 42.6 Å². The monoisotopic (exact) mass is 363 g/mol. The average molecular weight is 364 g/mol. The van der Waals surface area contributed by atoms with Crippen molar-refractivity contribution in [1.29, 1.82) is 0 Å². The number of nitrogens with zero attached hydrogens (tertiary/aromatic N) is 1. The lowest BCUT2D eigenvalue weighted by atomic mass is 9.78. The summed E-state index contributed by atoms with van der Waals surface area (Å²) in [5, 5.41) is 0. The first kappa shape index (κ1) is 20.1. The molecule has 146 valence electrons. The van der Waals surface area contributed by atoms with Crippen LogP contribution in [0.3, 0.4) is 0 Å². The molecule has 0 unspecified atom stereocenters. The zero-order chi connectivity index (χ0) is 18.9. The summed E-state index contributed by atoms with van der Waals surface area (Å²) in [5.41, 5.74) is 5.16. The second-order valence-corrected chi connectivity index (χ2v) is 8.57. The van der Waals surface area contributed by atoms with Crippen LogP contribution >= 0.6 is 0 Å². The fourth-order valence-corrected chi connectivity index (χ4v) is 4.55. The third kappa shape index (κ3) is 6.19. The molecule has 0 atom stereocenters. The molecule has 1 saturated carbocycles. The lowest BCUT2D eigenvalue weighted by Crippen LogP contribution is -2.15. The minimum Gasteiger partial charge on any atom is -0.256 e. The third-order valence-electron chi connectivity index (χ3n) is 6.40. The van der Waals surface area contributed by atoms with E-state index in [9.17, 15) is 0 Å². The Bertz CT molecular complexity index is 648. The van der Waals surface area contributed by atoms with Crippen molar-refractivity contribution in [3.63, 3.8) is 0 Å². The quantitative estimate of drug-likeness (QED) is 0.446. The average Bonchev–Trinajstić information content (AvgIpc) is 2.73. The molecule has 0 radical (unpaired) electrons. The van der Waals surface area contributed by atoms with Gasteiger partial charge in [-0.3, -0.25) is 4.98 Å². The van der Waals surface area contributed by atoms with Crippen molar-refractivity contribution in [2.24, 2.45) is 11.8 Å². The van der Waals surface area contributed by atoms with Gasteiger partial charge in [-0.1, -0.05) is 89.1 Å². The molecule has 2 aromatic rings. The molecule has 1 aliphatic rings. The molecule has 1 aliphatic carbocycles. The van der Waals surface area contributed by atoms with Crippen LogP contribution in [0.25, 0.3) is 11.3 Å². The van der Waals surface area contributed by atoms with Crippen LogP contribution in [-0.4, -0.2) is 4.98 Å². The Kier molecular flexibility index (Phi) is 7.93. The summed E-state index contributed by atoms with van der Waals surface area (Å²) in [4.78, 5) is 4.67.